The van der Waals surface area contributed by atoms with Crippen LogP contribution in [-0.4, -0.2) is 17.7 Å². The molecule has 0 aliphatic heterocycles. The number of benzene rings is 1. The minimum atomic E-state index is -0.440. The Labute approximate surface area is 111 Å². The molecule has 0 amide bonds. The maximum Gasteiger partial charge on any atom is 0.0945 e. The summed E-state index contributed by atoms with van der Waals surface area (Å²) in [4.78, 5) is 0. The number of hydrogen-bond donors (Lipinski definition) is 2. The molecule has 0 aliphatic rings. The van der Waals surface area contributed by atoms with Crippen LogP contribution in [0.4, 0.5) is 0 Å². The van der Waals surface area contributed by atoms with Gasteiger partial charge in [-0.1, -0.05) is 31.5 Å². The van der Waals surface area contributed by atoms with Crippen LogP contribution in [0.3, 0.4) is 0 Å². The van der Waals surface area contributed by atoms with Crippen molar-refractivity contribution in [2.24, 2.45) is 5.92 Å². The number of aryl methyl sites for hydroxylation is 3. The van der Waals surface area contributed by atoms with Crippen molar-refractivity contribution in [1.82, 2.24) is 5.32 Å². The van der Waals surface area contributed by atoms with E-state index >= 15 is 0 Å². The van der Waals surface area contributed by atoms with Crippen LogP contribution in [0.5, 0.6) is 0 Å². The van der Waals surface area contributed by atoms with Gasteiger partial charge in [0, 0.05) is 6.04 Å². The zero-order chi connectivity index (χ0) is 13.9. The molecule has 102 valence electrons. The first-order valence-corrected chi connectivity index (χ1v) is 6.82. The van der Waals surface area contributed by atoms with E-state index in [9.17, 15) is 5.11 Å². The molecule has 18 heavy (non-hydrogen) atoms. The van der Waals surface area contributed by atoms with E-state index in [4.69, 9.17) is 0 Å². The van der Waals surface area contributed by atoms with E-state index in [0.29, 0.717) is 5.92 Å². The van der Waals surface area contributed by atoms with Crippen molar-refractivity contribution in [2.75, 3.05) is 6.54 Å². The third-order valence-electron chi connectivity index (χ3n) is 3.36. The van der Waals surface area contributed by atoms with Gasteiger partial charge in [0.15, 0.2) is 0 Å². The third kappa shape index (κ3) is 3.82. The zero-order valence-electron chi connectivity index (χ0n) is 12.5. The predicted octanol–water partition coefficient (Wildman–Crippen LogP) is 3.28. The van der Waals surface area contributed by atoms with Crippen LogP contribution in [0.25, 0.3) is 0 Å². The first kappa shape index (κ1) is 15.2. The van der Waals surface area contributed by atoms with Gasteiger partial charge in [-0.15, -0.1) is 0 Å². The fourth-order valence-corrected chi connectivity index (χ4v) is 2.44. The quantitative estimate of drug-likeness (QED) is 0.839. The Balaban J connectivity index is 2.86. The van der Waals surface area contributed by atoms with Gasteiger partial charge in [-0.25, -0.2) is 0 Å². The molecule has 0 aromatic heterocycles. The second-order valence-corrected chi connectivity index (χ2v) is 5.85. The molecule has 0 fully saturated rings. The molecule has 2 N–H and O–H groups in total. The lowest BCUT2D eigenvalue weighted by Gasteiger charge is -2.25. The monoisotopic (exact) mass is 249 g/mol. The van der Waals surface area contributed by atoms with Crippen LogP contribution < -0.4 is 5.32 Å². The second-order valence-electron chi connectivity index (χ2n) is 5.85. The third-order valence-corrected chi connectivity index (χ3v) is 3.36. The van der Waals surface area contributed by atoms with Crippen LogP contribution in [0.2, 0.25) is 0 Å². The Morgan fingerprint density at radius 1 is 1.06 bits per heavy atom. The summed E-state index contributed by atoms with van der Waals surface area (Å²) in [6.07, 6.45) is -0.440. The smallest absolute Gasteiger partial charge is 0.0945 e. The number of aliphatic hydroxyl groups is 1. The van der Waals surface area contributed by atoms with Crippen molar-refractivity contribution in [1.29, 1.82) is 0 Å². The Bertz CT molecular complexity index is 375. The first-order valence-electron chi connectivity index (χ1n) is 6.82. The topological polar surface area (TPSA) is 32.3 Å². The second kappa shape index (κ2) is 6.35. The molecule has 1 aromatic rings. The molecule has 2 unspecified atom stereocenters. The zero-order valence-corrected chi connectivity index (χ0v) is 12.5. The van der Waals surface area contributed by atoms with E-state index in [2.05, 4.69) is 52.1 Å². The highest BCUT2D eigenvalue weighted by Gasteiger charge is 2.20. The summed E-state index contributed by atoms with van der Waals surface area (Å²) < 4.78 is 0. The fraction of sp³-hybridized carbons (Fsp3) is 0.625. The van der Waals surface area contributed by atoms with Crippen LogP contribution in [0.1, 0.15) is 49.1 Å². The molecular weight excluding hydrogens is 222 g/mol. The minimum Gasteiger partial charge on any atom is -0.387 e. The van der Waals surface area contributed by atoms with E-state index in [1.54, 1.807) is 0 Å². The molecule has 2 atom stereocenters. The van der Waals surface area contributed by atoms with E-state index < -0.39 is 6.10 Å². The number of aliphatic hydroxyl groups excluding tert-OH is 1. The van der Waals surface area contributed by atoms with Crippen molar-refractivity contribution in [3.8, 4) is 0 Å². The van der Waals surface area contributed by atoms with Crippen LogP contribution >= 0.6 is 0 Å². The van der Waals surface area contributed by atoms with Gasteiger partial charge in [-0.05, 0) is 56.8 Å². The minimum absolute atomic E-state index is 0.0764. The summed E-state index contributed by atoms with van der Waals surface area (Å²) in [6.45, 7) is 13.6. The predicted molar refractivity (Wildman–Crippen MR) is 77.9 cm³/mol. The highest BCUT2D eigenvalue weighted by molar-refractivity contribution is 5.39. The average Bonchev–Trinajstić information content (AvgIpc) is 2.24. The van der Waals surface area contributed by atoms with Gasteiger partial charge in [-0.2, -0.15) is 0 Å². The lowest BCUT2D eigenvalue weighted by atomic mass is 9.92. The standard InChI is InChI=1S/C16H27NO/c1-10(2)9-17-14(6)16(18)15-12(4)7-11(3)8-13(15)5/h7-8,10,14,16-18H,9H2,1-6H3. The van der Waals surface area contributed by atoms with E-state index in [0.717, 1.165) is 12.1 Å². The van der Waals surface area contributed by atoms with Gasteiger partial charge in [0.2, 0.25) is 0 Å². The van der Waals surface area contributed by atoms with E-state index in [-0.39, 0.29) is 6.04 Å². The van der Waals surface area contributed by atoms with Crippen molar-refractivity contribution in [3.05, 3.63) is 34.4 Å². The summed E-state index contributed by atoms with van der Waals surface area (Å²) in [5.74, 6) is 0.597. The molecule has 0 spiro atoms. The molecule has 0 saturated heterocycles. The van der Waals surface area contributed by atoms with Crippen molar-refractivity contribution in [3.63, 3.8) is 0 Å². The van der Waals surface area contributed by atoms with Gasteiger partial charge in [0.05, 0.1) is 6.10 Å². The highest BCUT2D eigenvalue weighted by Crippen LogP contribution is 2.25. The lowest BCUT2D eigenvalue weighted by Crippen LogP contribution is -2.35. The maximum absolute atomic E-state index is 10.5. The molecular formula is C16H27NO. The van der Waals surface area contributed by atoms with Gasteiger partial charge in [0.1, 0.15) is 0 Å². The van der Waals surface area contributed by atoms with Gasteiger partial charge < -0.3 is 10.4 Å². The summed E-state index contributed by atoms with van der Waals surface area (Å²) >= 11 is 0. The normalized spacial score (nSPS) is 14.9. The Morgan fingerprint density at radius 3 is 2.00 bits per heavy atom. The SMILES string of the molecule is Cc1cc(C)c(C(O)C(C)NCC(C)C)c(C)c1. The van der Waals surface area contributed by atoms with Crippen molar-refractivity contribution >= 4 is 0 Å². The van der Waals surface area contributed by atoms with Gasteiger partial charge >= 0.3 is 0 Å². The number of hydrogen-bond acceptors (Lipinski definition) is 2. The molecule has 1 rings (SSSR count). The van der Waals surface area contributed by atoms with Crippen LogP contribution in [0, 0.1) is 26.7 Å². The molecule has 2 heteroatoms. The molecule has 1 aromatic carbocycles. The Kier molecular flexibility index (Phi) is 5.36. The molecule has 0 aliphatic carbocycles. The van der Waals surface area contributed by atoms with Crippen LogP contribution in [-0.2, 0) is 0 Å². The van der Waals surface area contributed by atoms with Crippen molar-refractivity contribution < 1.29 is 5.11 Å². The average molecular weight is 249 g/mol. The molecule has 0 heterocycles. The summed E-state index contributed by atoms with van der Waals surface area (Å²) in [5.41, 5.74) is 4.68. The molecule has 0 radical (unpaired) electrons. The lowest BCUT2D eigenvalue weighted by molar-refractivity contribution is 0.133. The number of rotatable bonds is 5. The Hall–Kier alpha value is -0.860. The summed E-state index contributed by atoms with van der Waals surface area (Å²) in [5, 5.41) is 13.9. The Morgan fingerprint density at radius 2 is 1.56 bits per heavy atom. The fourth-order valence-electron chi connectivity index (χ4n) is 2.44. The molecule has 0 bridgehead atoms. The van der Waals surface area contributed by atoms with Crippen LogP contribution in [0.15, 0.2) is 12.1 Å². The van der Waals surface area contributed by atoms with E-state index in [1.807, 2.05) is 6.92 Å². The molecule has 0 saturated carbocycles. The highest BCUT2D eigenvalue weighted by atomic mass is 16.3. The maximum atomic E-state index is 10.5. The van der Waals surface area contributed by atoms with E-state index in [1.165, 1.54) is 16.7 Å². The van der Waals surface area contributed by atoms with Gasteiger partial charge in [-0.3, -0.25) is 0 Å². The van der Waals surface area contributed by atoms with Gasteiger partial charge in [0.25, 0.3) is 0 Å². The largest absolute Gasteiger partial charge is 0.387 e. The summed E-state index contributed by atoms with van der Waals surface area (Å²) in [6, 6.07) is 4.36. The molecule has 2 nitrogen and oxygen atoms in total. The van der Waals surface area contributed by atoms with Crippen molar-refractivity contribution in [2.45, 2.75) is 53.7 Å². The number of nitrogens with one attached hydrogen (secondary N) is 1. The summed E-state index contributed by atoms with van der Waals surface area (Å²) in [7, 11) is 0. The first-order chi connectivity index (χ1) is 8.32.